The van der Waals surface area contributed by atoms with E-state index in [1.807, 2.05) is 0 Å². The van der Waals surface area contributed by atoms with Crippen molar-refractivity contribution in [1.82, 2.24) is 4.98 Å². The van der Waals surface area contributed by atoms with Crippen LogP contribution in [0.25, 0.3) is 22.0 Å². The summed E-state index contributed by atoms with van der Waals surface area (Å²) in [4.78, 5) is 2.97. The third kappa shape index (κ3) is 3.44. The van der Waals surface area contributed by atoms with Crippen LogP contribution in [0.3, 0.4) is 0 Å². The summed E-state index contributed by atoms with van der Waals surface area (Å²) >= 11 is 5.65. The topological polar surface area (TPSA) is 36.0 Å². The van der Waals surface area contributed by atoms with Crippen molar-refractivity contribution in [2.24, 2.45) is 0 Å². The van der Waals surface area contributed by atoms with Gasteiger partial charge in [-0.2, -0.15) is 0 Å². The highest BCUT2D eigenvalue weighted by atomic mass is 35.5. The average molecular weight is 348 g/mol. The average Bonchev–Trinajstić information content (AvgIpc) is 2.92. The van der Waals surface area contributed by atoms with E-state index in [1.54, 1.807) is 18.3 Å². The van der Waals surface area contributed by atoms with Gasteiger partial charge < -0.3 is 10.1 Å². The van der Waals surface area contributed by atoms with Gasteiger partial charge in [-0.3, -0.25) is 0 Å². The van der Waals surface area contributed by atoms with Crippen LogP contribution >= 0.6 is 11.6 Å². The van der Waals surface area contributed by atoms with E-state index >= 15 is 0 Å². The van der Waals surface area contributed by atoms with Gasteiger partial charge in [-0.25, -0.2) is 8.78 Å². The zero-order valence-corrected chi connectivity index (χ0v) is 13.6. The van der Waals surface area contributed by atoms with Crippen LogP contribution in [0.4, 0.5) is 8.78 Å². The van der Waals surface area contributed by atoms with Gasteiger partial charge in [-0.15, -0.1) is 0 Å². The molecule has 1 aliphatic rings. The van der Waals surface area contributed by atoms with E-state index < -0.39 is 5.82 Å². The number of aromatic amines is 1. The molecule has 2 aromatic carbocycles. The van der Waals surface area contributed by atoms with Gasteiger partial charge in [0.1, 0.15) is 11.6 Å². The lowest BCUT2D eigenvalue weighted by atomic mass is 9.94. The summed E-state index contributed by atoms with van der Waals surface area (Å²) in [7, 11) is 0. The van der Waals surface area contributed by atoms with E-state index in [-0.39, 0.29) is 10.8 Å². The maximum atomic E-state index is 13.4. The number of rotatable bonds is 1. The number of hydrogen-bond acceptors (Lipinski definition) is 1. The molecule has 1 aromatic heterocycles. The molecule has 1 heterocycles. The van der Waals surface area contributed by atoms with E-state index in [2.05, 4.69) is 4.98 Å². The quantitative estimate of drug-likeness (QED) is 0.492. The number of aliphatic hydroxyl groups excluding tert-OH is 1. The van der Waals surface area contributed by atoms with E-state index in [4.69, 9.17) is 16.7 Å². The smallest absolute Gasteiger partial charge is 0.142 e. The molecule has 1 aliphatic carbocycles. The zero-order chi connectivity index (χ0) is 17.1. The number of aromatic nitrogens is 1. The van der Waals surface area contributed by atoms with E-state index in [0.717, 1.165) is 23.8 Å². The monoisotopic (exact) mass is 347 g/mol. The third-order valence-corrected chi connectivity index (χ3v) is 4.36. The maximum absolute atomic E-state index is 13.4. The summed E-state index contributed by atoms with van der Waals surface area (Å²) < 4.78 is 26.5. The number of fused-ring (bicyclic) bond motifs is 1. The van der Waals surface area contributed by atoms with Crippen LogP contribution in [-0.2, 0) is 0 Å². The van der Waals surface area contributed by atoms with Gasteiger partial charge in [-0.05, 0) is 60.7 Å². The molecule has 0 amide bonds. The van der Waals surface area contributed by atoms with E-state index in [1.165, 1.54) is 42.5 Å². The van der Waals surface area contributed by atoms with Crippen LogP contribution in [0.2, 0.25) is 5.02 Å². The second kappa shape index (κ2) is 7.05. The van der Waals surface area contributed by atoms with Gasteiger partial charge in [0, 0.05) is 22.7 Å². The first-order valence-corrected chi connectivity index (χ1v) is 8.00. The van der Waals surface area contributed by atoms with Crippen molar-refractivity contribution in [2.45, 2.75) is 19.3 Å². The first-order chi connectivity index (χ1) is 11.6. The molecule has 124 valence electrons. The number of benzene rings is 2. The van der Waals surface area contributed by atoms with Crippen molar-refractivity contribution in [2.75, 3.05) is 0 Å². The third-order valence-electron chi connectivity index (χ3n) is 4.05. The number of H-pyrrole nitrogens is 1. The van der Waals surface area contributed by atoms with Gasteiger partial charge in [0.15, 0.2) is 0 Å². The fraction of sp³-hybridized carbons (Fsp3) is 0.158. The summed E-state index contributed by atoms with van der Waals surface area (Å²) in [6.07, 6.45) is 6.47. The molecule has 1 saturated carbocycles. The van der Waals surface area contributed by atoms with Crippen molar-refractivity contribution < 1.29 is 13.9 Å². The molecule has 0 aliphatic heterocycles. The Morgan fingerprint density at radius 1 is 1.08 bits per heavy atom. The first kappa shape index (κ1) is 16.5. The molecule has 0 atom stereocenters. The maximum Gasteiger partial charge on any atom is 0.142 e. The Hall–Kier alpha value is -2.33. The second-order valence-electron chi connectivity index (χ2n) is 5.66. The molecule has 24 heavy (non-hydrogen) atoms. The molecular formula is C19H16ClF2NO. The largest absolute Gasteiger partial charge is 0.516 e. The number of aliphatic hydroxyl groups is 1. The molecular weight excluding hydrogens is 332 g/mol. The Bertz CT molecular complexity index is 896. The van der Waals surface area contributed by atoms with Crippen molar-refractivity contribution >= 4 is 22.5 Å². The lowest BCUT2D eigenvalue weighted by molar-refractivity contribution is 0.447. The summed E-state index contributed by atoms with van der Waals surface area (Å²) in [6, 6.07) is 9.07. The molecule has 0 bridgehead atoms. The molecule has 4 rings (SSSR count). The lowest BCUT2D eigenvalue weighted by Gasteiger charge is -2.12. The summed E-state index contributed by atoms with van der Waals surface area (Å²) in [5.74, 6) is -0.774. The molecule has 0 unspecified atom stereocenters. The first-order valence-electron chi connectivity index (χ1n) is 7.62. The normalized spacial score (nSPS) is 13.2. The van der Waals surface area contributed by atoms with Crippen molar-refractivity contribution in [3.63, 3.8) is 0 Å². The number of allylic oxidation sites excluding steroid dienone is 1. The number of halogens is 3. The zero-order valence-electron chi connectivity index (χ0n) is 12.8. The fourth-order valence-corrected chi connectivity index (χ4v) is 2.63. The molecule has 2 nitrogen and oxygen atoms in total. The molecule has 0 saturated heterocycles. The highest BCUT2D eigenvalue weighted by Gasteiger charge is 2.09. The molecule has 3 aromatic rings. The van der Waals surface area contributed by atoms with Crippen LogP contribution in [0.1, 0.15) is 19.3 Å². The predicted octanol–water partition coefficient (Wildman–Crippen LogP) is 6.38. The Balaban J connectivity index is 0.000000238. The second-order valence-corrected chi connectivity index (χ2v) is 6.07. The number of hydrogen-bond donors (Lipinski definition) is 2. The SMILES string of the molecule is Fc1ccc2c(-c3ccc(Cl)c(F)c3)c[nH]c2c1.OC=C1CCC1. The Labute approximate surface area is 143 Å². The van der Waals surface area contributed by atoms with Crippen LogP contribution < -0.4 is 0 Å². The Kier molecular flexibility index (Phi) is 4.86. The van der Waals surface area contributed by atoms with E-state index in [0.29, 0.717) is 11.1 Å². The standard InChI is InChI=1S/C14H8ClF2N.C5H8O/c15-12-4-1-8(5-13(12)17)11-7-18-14-6-9(16)2-3-10(11)14;6-4-5-2-1-3-5/h1-7,18H;4,6H,1-3H2. The van der Waals surface area contributed by atoms with Crippen molar-refractivity contribution in [3.8, 4) is 11.1 Å². The molecule has 2 N–H and O–H groups in total. The summed E-state index contributed by atoms with van der Waals surface area (Å²) in [5.41, 5.74) is 3.41. The molecule has 5 heteroatoms. The minimum atomic E-state index is -0.467. The molecule has 1 fully saturated rings. The van der Waals surface area contributed by atoms with Gasteiger partial charge in [0.2, 0.25) is 0 Å². The Morgan fingerprint density at radius 3 is 2.46 bits per heavy atom. The van der Waals surface area contributed by atoms with Crippen LogP contribution in [-0.4, -0.2) is 10.1 Å². The predicted molar refractivity (Wildman–Crippen MR) is 93.2 cm³/mol. The van der Waals surface area contributed by atoms with Gasteiger partial charge in [-0.1, -0.05) is 17.7 Å². The van der Waals surface area contributed by atoms with Crippen molar-refractivity contribution in [3.05, 3.63) is 71.1 Å². The molecule has 0 spiro atoms. The Morgan fingerprint density at radius 2 is 1.88 bits per heavy atom. The van der Waals surface area contributed by atoms with Crippen LogP contribution in [0.15, 0.2) is 54.4 Å². The molecule has 0 radical (unpaired) electrons. The van der Waals surface area contributed by atoms with Crippen LogP contribution in [0, 0.1) is 11.6 Å². The van der Waals surface area contributed by atoms with Crippen LogP contribution in [0.5, 0.6) is 0 Å². The minimum absolute atomic E-state index is 0.0876. The highest BCUT2D eigenvalue weighted by molar-refractivity contribution is 6.30. The number of nitrogens with one attached hydrogen (secondary N) is 1. The summed E-state index contributed by atoms with van der Waals surface area (Å²) in [6.45, 7) is 0. The van der Waals surface area contributed by atoms with Crippen molar-refractivity contribution in [1.29, 1.82) is 0 Å². The minimum Gasteiger partial charge on any atom is -0.516 e. The summed E-state index contributed by atoms with van der Waals surface area (Å²) in [5, 5.41) is 9.16. The van der Waals surface area contributed by atoms with Gasteiger partial charge in [0.25, 0.3) is 0 Å². The van der Waals surface area contributed by atoms with Gasteiger partial charge >= 0.3 is 0 Å². The van der Waals surface area contributed by atoms with E-state index in [9.17, 15) is 8.78 Å². The van der Waals surface area contributed by atoms with Gasteiger partial charge in [0.05, 0.1) is 11.3 Å². The fourth-order valence-electron chi connectivity index (χ4n) is 2.51. The lowest BCUT2D eigenvalue weighted by Crippen LogP contribution is -1.94. The highest BCUT2D eigenvalue weighted by Crippen LogP contribution is 2.30.